The minimum atomic E-state index is 0.284. The summed E-state index contributed by atoms with van der Waals surface area (Å²) >= 11 is 0. The Bertz CT molecular complexity index is 822. The molecule has 1 aliphatic rings. The lowest BCUT2D eigenvalue weighted by atomic mass is 9.89. The lowest BCUT2D eigenvalue weighted by Crippen LogP contribution is -2.17. The monoisotopic (exact) mass is 378 g/mol. The van der Waals surface area contributed by atoms with E-state index in [9.17, 15) is 0 Å². The number of nitrogens with one attached hydrogen (secondary N) is 2. The predicted molar refractivity (Wildman–Crippen MR) is 110 cm³/mol. The third kappa shape index (κ3) is 5.76. The molecule has 0 amide bonds. The molecule has 28 heavy (non-hydrogen) atoms. The maximum atomic E-state index is 8.83. The third-order valence-electron chi connectivity index (χ3n) is 4.82. The molecule has 0 spiro atoms. The average molecular weight is 378 g/mol. The van der Waals surface area contributed by atoms with Crippen LogP contribution in [0.1, 0.15) is 43.4 Å². The molecule has 0 unspecified atom stereocenters. The Kier molecular flexibility index (Phi) is 7.33. The van der Waals surface area contributed by atoms with Crippen molar-refractivity contribution >= 4 is 23.4 Å². The van der Waals surface area contributed by atoms with E-state index in [0.717, 1.165) is 23.7 Å². The Morgan fingerprint density at radius 1 is 1.14 bits per heavy atom. The first-order valence-corrected chi connectivity index (χ1v) is 9.67. The molecular weight excluding hydrogens is 352 g/mol. The van der Waals surface area contributed by atoms with Gasteiger partial charge in [-0.15, -0.1) is 0 Å². The highest BCUT2D eigenvalue weighted by Gasteiger charge is 2.14. The first kappa shape index (κ1) is 19.8. The number of aromatic nitrogens is 3. The summed E-state index contributed by atoms with van der Waals surface area (Å²) in [7, 11) is 1.68. The van der Waals surface area contributed by atoms with E-state index >= 15 is 0 Å². The molecule has 1 fully saturated rings. The number of hydrogen-bond donors (Lipinski definition) is 2. The van der Waals surface area contributed by atoms with Crippen LogP contribution in [0.4, 0.5) is 17.3 Å². The Labute approximate surface area is 165 Å². The highest BCUT2D eigenvalue weighted by molar-refractivity contribution is 5.70. The lowest BCUT2D eigenvalue weighted by molar-refractivity contribution is 0.234. The molecule has 7 nitrogen and oxygen atoms in total. The van der Waals surface area contributed by atoms with Crippen molar-refractivity contribution in [2.24, 2.45) is 5.92 Å². The lowest BCUT2D eigenvalue weighted by Gasteiger charge is -2.23. The van der Waals surface area contributed by atoms with Crippen molar-refractivity contribution in [3.8, 4) is 6.07 Å². The van der Waals surface area contributed by atoms with Crippen molar-refractivity contribution in [1.82, 2.24) is 15.0 Å². The molecule has 0 aromatic carbocycles. The summed E-state index contributed by atoms with van der Waals surface area (Å²) in [6, 6.07) is 3.94. The number of rotatable bonds is 8. The minimum Gasteiger partial charge on any atom is -0.384 e. The van der Waals surface area contributed by atoms with Crippen LogP contribution in [-0.4, -0.2) is 35.2 Å². The van der Waals surface area contributed by atoms with E-state index in [4.69, 9.17) is 10.00 Å². The first-order chi connectivity index (χ1) is 13.8. The number of nitrogens with zero attached hydrogens (tertiary/aromatic N) is 4. The fourth-order valence-corrected chi connectivity index (χ4v) is 3.32. The molecule has 2 aromatic heterocycles. The van der Waals surface area contributed by atoms with Gasteiger partial charge in [-0.3, -0.25) is 0 Å². The summed E-state index contributed by atoms with van der Waals surface area (Å²) in [5, 5.41) is 15.6. The molecule has 2 aromatic rings. The second-order valence-electron chi connectivity index (χ2n) is 6.92. The summed E-state index contributed by atoms with van der Waals surface area (Å²) in [5.41, 5.74) is 2.33. The normalized spacial score (nSPS) is 14.7. The topological polar surface area (TPSA) is 95.8 Å². The van der Waals surface area contributed by atoms with Crippen molar-refractivity contribution in [2.45, 2.75) is 32.1 Å². The molecular formula is C21H26N6O. The summed E-state index contributed by atoms with van der Waals surface area (Å²) in [5.74, 6) is 1.94. The van der Waals surface area contributed by atoms with Gasteiger partial charge in [0.05, 0.1) is 19.0 Å². The van der Waals surface area contributed by atoms with E-state index in [1.54, 1.807) is 7.11 Å². The molecule has 0 aliphatic heterocycles. The van der Waals surface area contributed by atoms with Gasteiger partial charge in [0.1, 0.15) is 17.7 Å². The number of ether oxygens (including phenoxy) is 1. The second-order valence-corrected chi connectivity index (χ2v) is 6.92. The van der Waals surface area contributed by atoms with Crippen molar-refractivity contribution in [3.05, 3.63) is 42.0 Å². The van der Waals surface area contributed by atoms with E-state index in [-0.39, 0.29) is 5.69 Å². The van der Waals surface area contributed by atoms with Gasteiger partial charge in [0.25, 0.3) is 0 Å². The van der Waals surface area contributed by atoms with E-state index in [1.165, 1.54) is 44.5 Å². The molecule has 3 rings (SSSR count). The van der Waals surface area contributed by atoms with E-state index in [0.29, 0.717) is 18.2 Å². The van der Waals surface area contributed by atoms with Gasteiger partial charge >= 0.3 is 0 Å². The van der Waals surface area contributed by atoms with Crippen LogP contribution in [0.3, 0.4) is 0 Å². The maximum Gasteiger partial charge on any atom is 0.158 e. The van der Waals surface area contributed by atoms with Crippen molar-refractivity contribution < 1.29 is 4.74 Å². The van der Waals surface area contributed by atoms with Crippen LogP contribution in [0.2, 0.25) is 0 Å². The zero-order valence-electron chi connectivity index (χ0n) is 16.2. The second kappa shape index (κ2) is 10.4. The Morgan fingerprint density at radius 3 is 2.68 bits per heavy atom. The number of anilines is 3. The standard InChI is InChI=1S/C21H26N6O/c1-28-9-5-8-17-13-25-20(27-21-15-23-18(11-22)14-26-21)10-19(17)24-12-16-6-3-2-4-7-16/h5,8,10,13-16H,2-4,6-7,9,12H2,1H3,(H2,24,25,26,27)/b8-5+. The van der Waals surface area contributed by atoms with Crippen LogP contribution >= 0.6 is 0 Å². The molecule has 1 aliphatic carbocycles. The van der Waals surface area contributed by atoms with Crippen LogP contribution in [0.15, 0.2) is 30.7 Å². The summed E-state index contributed by atoms with van der Waals surface area (Å²) in [4.78, 5) is 12.7. The van der Waals surface area contributed by atoms with Gasteiger partial charge in [0, 0.05) is 37.2 Å². The first-order valence-electron chi connectivity index (χ1n) is 9.67. The number of nitriles is 1. The van der Waals surface area contributed by atoms with E-state index in [2.05, 4.69) is 25.6 Å². The smallest absolute Gasteiger partial charge is 0.158 e. The molecule has 146 valence electrons. The highest BCUT2D eigenvalue weighted by Crippen LogP contribution is 2.26. The quantitative estimate of drug-likeness (QED) is 0.712. The highest BCUT2D eigenvalue weighted by atomic mass is 16.5. The van der Waals surface area contributed by atoms with Gasteiger partial charge in [-0.2, -0.15) is 5.26 Å². The molecule has 0 radical (unpaired) electrons. The molecule has 0 saturated heterocycles. The zero-order valence-corrected chi connectivity index (χ0v) is 16.2. The molecule has 0 atom stereocenters. The third-order valence-corrected chi connectivity index (χ3v) is 4.82. The number of hydrogen-bond acceptors (Lipinski definition) is 7. The van der Waals surface area contributed by atoms with Gasteiger partial charge in [-0.1, -0.05) is 31.4 Å². The van der Waals surface area contributed by atoms with Gasteiger partial charge in [0.15, 0.2) is 5.69 Å². The molecule has 1 saturated carbocycles. The van der Waals surface area contributed by atoms with Gasteiger partial charge in [-0.25, -0.2) is 15.0 Å². The summed E-state index contributed by atoms with van der Waals surface area (Å²) in [6.45, 7) is 1.52. The molecule has 2 heterocycles. The van der Waals surface area contributed by atoms with Crippen LogP contribution in [-0.2, 0) is 4.74 Å². The van der Waals surface area contributed by atoms with Gasteiger partial charge in [0.2, 0.25) is 0 Å². The van der Waals surface area contributed by atoms with E-state index in [1.807, 2.05) is 30.5 Å². The largest absolute Gasteiger partial charge is 0.384 e. The predicted octanol–water partition coefficient (Wildman–Crippen LogP) is 4.14. The van der Waals surface area contributed by atoms with Crippen molar-refractivity contribution in [3.63, 3.8) is 0 Å². The van der Waals surface area contributed by atoms with Crippen LogP contribution in [0.5, 0.6) is 0 Å². The SMILES string of the molecule is COC/C=C/c1cnc(Nc2cnc(C#N)cn2)cc1NCC1CCCCC1. The van der Waals surface area contributed by atoms with Crippen molar-refractivity contribution in [1.29, 1.82) is 5.26 Å². The summed E-state index contributed by atoms with van der Waals surface area (Å²) in [6.07, 6.45) is 15.4. The van der Waals surface area contributed by atoms with Crippen LogP contribution < -0.4 is 10.6 Å². The van der Waals surface area contributed by atoms with Gasteiger partial charge in [-0.05, 0) is 18.8 Å². The number of methoxy groups -OCH3 is 1. The fourth-order valence-electron chi connectivity index (χ4n) is 3.32. The Morgan fingerprint density at radius 2 is 1.96 bits per heavy atom. The maximum absolute atomic E-state index is 8.83. The Balaban J connectivity index is 1.74. The number of pyridine rings is 1. The summed E-state index contributed by atoms with van der Waals surface area (Å²) < 4.78 is 5.10. The Hall–Kier alpha value is -2.98. The van der Waals surface area contributed by atoms with Crippen molar-refractivity contribution in [2.75, 3.05) is 30.9 Å². The van der Waals surface area contributed by atoms with Crippen LogP contribution in [0.25, 0.3) is 6.08 Å². The van der Waals surface area contributed by atoms with E-state index < -0.39 is 0 Å². The zero-order chi connectivity index (χ0) is 19.6. The molecule has 7 heteroatoms. The fraction of sp³-hybridized carbons (Fsp3) is 0.429. The molecule has 0 bridgehead atoms. The molecule has 2 N–H and O–H groups in total. The van der Waals surface area contributed by atoms with Gasteiger partial charge < -0.3 is 15.4 Å². The minimum absolute atomic E-state index is 0.284. The average Bonchev–Trinajstić information content (AvgIpc) is 2.75. The van der Waals surface area contributed by atoms with Crippen LogP contribution in [0, 0.1) is 17.2 Å².